The second kappa shape index (κ2) is 18.7. The van der Waals surface area contributed by atoms with Crippen molar-refractivity contribution in [3.05, 3.63) is 30.1 Å². The average Bonchev–Trinajstić information content (AvgIpc) is 2.59. The van der Waals surface area contributed by atoms with Gasteiger partial charge in [-0.3, -0.25) is 4.79 Å². The first-order chi connectivity index (χ1) is 12.2. The third-order valence-electron chi connectivity index (χ3n) is 3.96. The van der Waals surface area contributed by atoms with E-state index in [4.69, 9.17) is 10.5 Å². The maximum Gasteiger partial charge on any atom is 0.307 e. The molecule has 0 spiro atoms. The highest BCUT2D eigenvalue weighted by Crippen LogP contribution is 2.15. The van der Waals surface area contributed by atoms with E-state index in [1.807, 2.05) is 0 Å². The standard InChI is InChI=1S/C21H35NO3/c1-20(24)25-21(17-13-11-15-19-23)16-12-9-7-5-3-2-4-6-8-10-14-18-22/h11,13,15,17H,2-10,12,14,16,18,22H2,1H3/b13-11-,21-17+. The minimum absolute atomic E-state index is 0.308. The molecule has 0 bridgehead atoms. The van der Waals surface area contributed by atoms with E-state index in [2.05, 4.69) is 0 Å². The largest absolute Gasteiger partial charge is 0.431 e. The lowest BCUT2D eigenvalue weighted by atomic mass is 10.0. The van der Waals surface area contributed by atoms with Crippen LogP contribution in [0.3, 0.4) is 0 Å². The minimum Gasteiger partial charge on any atom is -0.431 e. The lowest BCUT2D eigenvalue weighted by Gasteiger charge is -2.06. The Morgan fingerprint density at radius 2 is 1.40 bits per heavy atom. The van der Waals surface area contributed by atoms with E-state index in [0.717, 1.165) is 32.2 Å². The summed E-state index contributed by atoms with van der Waals surface area (Å²) in [4.78, 5) is 21.2. The van der Waals surface area contributed by atoms with Crippen LogP contribution in [0.4, 0.5) is 0 Å². The molecule has 0 unspecified atom stereocenters. The molecule has 0 amide bonds. The molecule has 142 valence electrons. The number of hydrogen-bond acceptors (Lipinski definition) is 4. The highest BCUT2D eigenvalue weighted by Gasteiger charge is 2.01. The van der Waals surface area contributed by atoms with Crippen LogP contribution in [0.15, 0.2) is 30.1 Å². The number of hydrogen-bond donors (Lipinski definition) is 1. The van der Waals surface area contributed by atoms with Gasteiger partial charge in [-0.15, -0.1) is 0 Å². The highest BCUT2D eigenvalue weighted by molar-refractivity contribution is 5.67. The van der Waals surface area contributed by atoms with Crippen molar-refractivity contribution < 1.29 is 14.3 Å². The molecule has 0 aromatic rings. The number of ether oxygens (including phenoxy) is 1. The zero-order chi connectivity index (χ0) is 18.6. The molecule has 0 saturated carbocycles. The highest BCUT2D eigenvalue weighted by atomic mass is 16.5. The van der Waals surface area contributed by atoms with Gasteiger partial charge in [-0.25, -0.2) is 4.79 Å². The number of unbranched alkanes of at least 4 members (excludes halogenated alkanes) is 10. The molecule has 0 aliphatic heterocycles. The zero-order valence-corrected chi connectivity index (χ0v) is 15.8. The molecule has 0 rings (SSSR count). The van der Waals surface area contributed by atoms with Crippen molar-refractivity contribution in [3.8, 4) is 0 Å². The lowest BCUT2D eigenvalue weighted by Crippen LogP contribution is -1.99. The van der Waals surface area contributed by atoms with Gasteiger partial charge >= 0.3 is 5.97 Å². The summed E-state index contributed by atoms with van der Waals surface area (Å²) >= 11 is 0. The van der Waals surface area contributed by atoms with Crippen molar-refractivity contribution in [2.45, 2.75) is 84.0 Å². The van der Waals surface area contributed by atoms with Gasteiger partial charge in [0.25, 0.3) is 0 Å². The Balaban J connectivity index is 3.67. The molecule has 0 atom stereocenters. The number of esters is 1. The van der Waals surface area contributed by atoms with Gasteiger partial charge in [0, 0.05) is 19.4 Å². The summed E-state index contributed by atoms with van der Waals surface area (Å²) in [5.41, 5.74) is 5.48. The van der Waals surface area contributed by atoms with Crippen molar-refractivity contribution in [1.82, 2.24) is 0 Å². The second-order valence-corrected chi connectivity index (χ2v) is 6.32. The summed E-state index contributed by atoms with van der Waals surface area (Å²) in [6.07, 6.45) is 20.8. The first kappa shape index (κ1) is 23.4. The molecule has 0 saturated heterocycles. The summed E-state index contributed by atoms with van der Waals surface area (Å²) in [6, 6.07) is 0. The number of rotatable bonds is 16. The van der Waals surface area contributed by atoms with Gasteiger partial charge in [0.05, 0.1) is 0 Å². The minimum atomic E-state index is -0.308. The molecular formula is C21H35NO3. The van der Waals surface area contributed by atoms with E-state index in [0.29, 0.717) is 5.76 Å². The van der Waals surface area contributed by atoms with Gasteiger partial charge in [0.1, 0.15) is 11.7 Å². The van der Waals surface area contributed by atoms with Crippen molar-refractivity contribution in [2.24, 2.45) is 5.73 Å². The summed E-state index contributed by atoms with van der Waals surface area (Å²) in [6.45, 7) is 2.22. The Kier molecular flexibility index (Phi) is 17.5. The molecule has 4 heteroatoms. The molecule has 0 fully saturated rings. The predicted octanol–water partition coefficient (Wildman–Crippen LogP) is 5.02. The Morgan fingerprint density at radius 1 is 0.880 bits per heavy atom. The summed E-state index contributed by atoms with van der Waals surface area (Å²) in [7, 11) is 0. The Bertz CT molecular complexity index is 434. The molecular weight excluding hydrogens is 314 g/mol. The molecule has 0 aliphatic carbocycles. The summed E-state index contributed by atoms with van der Waals surface area (Å²) in [5, 5.41) is 0. The van der Waals surface area contributed by atoms with Crippen LogP contribution in [0, 0.1) is 0 Å². The predicted molar refractivity (Wildman–Crippen MR) is 104 cm³/mol. The van der Waals surface area contributed by atoms with Crippen LogP contribution in [0.5, 0.6) is 0 Å². The van der Waals surface area contributed by atoms with Crippen LogP contribution in [-0.4, -0.2) is 18.5 Å². The van der Waals surface area contributed by atoms with Gasteiger partial charge in [-0.05, 0) is 25.5 Å². The molecule has 4 nitrogen and oxygen atoms in total. The fourth-order valence-corrected chi connectivity index (χ4v) is 2.65. The summed E-state index contributed by atoms with van der Waals surface area (Å²) in [5.74, 6) is 2.02. The maximum atomic E-state index is 11.1. The topological polar surface area (TPSA) is 69.4 Å². The summed E-state index contributed by atoms with van der Waals surface area (Å²) < 4.78 is 5.18. The normalized spacial score (nSPS) is 11.5. The van der Waals surface area contributed by atoms with E-state index in [-0.39, 0.29) is 5.97 Å². The monoisotopic (exact) mass is 349 g/mol. The van der Waals surface area contributed by atoms with Crippen molar-refractivity contribution >= 4 is 11.9 Å². The molecule has 25 heavy (non-hydrogen) atoms. The Hall–Kier alpha value is -1.64. The van der Waals surface area contributed by atoms with Crippen LogP contribution < -0.4 is 5.73 Å². The zero-order valence-electron chi connectivity index (χ0n) is 15.8. The van der Waals surface area contributed by atoms with E-state index in [1.54, 1.807) is 24.2 Å². The fourth-order valence-electron chi connectivity index (χ4n) is 2.65. The third kappa shape index (κ3) is 18.5. The molecule has 0 radical (unpaired) electrons. The molecule has 0 aromatic heterocycles. The first-order valence-electron chi connectivity index (χ1n) is 9.66. The Morgan fingerprint density at radius 3 is 1.88 bits per heavy atom. The van der Waals surface area contributed by atoms with Gasteiger partial charge in [0.2, 0.25) is 0 Å². The maximum absolute atomic E-state index is 11.1. The lowest BCUT2D eigenvalue weighted by molar-refractivity contribution is -0.137. The third-order valence-corrected chi connectivity index (χ3v) is 3.96. The molecule has 0 aromatic carbocycles. The van der Waals surface area contributed by atoms with E-state index in [1.165, 1.54) is 64.4 Å². The molecule has 2 N–H and O–H groups in total. The van der Waals surface area contributed by atoms with Crippen LogP contribution in [-0.2, 0) is 14.3 Å². The van der Waals surface area contributed by atoms with Gasteiger partial charge < -0.3 is 10.5 Å². The fraction of sp³-hybridized carbons (Fsp3) is 0.667. The van der Waals surface area contributed by atoms with E-state index >= 15 is 0 Å². The first-order valence-corrected chi connectivity index (χ1v) is 9.66. The molecule has 0 heterocycles. The number of nitrogens with two attached hydrogens (primary N) is 1. The number of carbonyl (C=O) groups is 1. The van der Waals surface area contributed by atoms with Gasteiger partial charge in [-0.1, -0.05) is 69.9 Å². The quantitative estimate of drug-likeness (QED) is 0.140. The average molecular weight is 350 g/mol. The number of carbonyl (C=O) groups excluding carboxylic acids is 2. The van der Waals surface area contributed by atoms with Crippen LogP contribution in [0.1, 0.15) is 84.0 Å². The van der Waals surface area contributed by atoms with Crippen LogP contribution in [0.25, 0.3) is 0 Å². The van der Waals surface area contributed by atoms with E-state index < -0.39 is 0 Å². The second-order valence-electron chi connectivity index (χ2n) is 6.32. The molecule has 0 aliphatic rings. The number of allylic oxidation sites excluding steroid dienone is 5. The van der Waals surface area contributed by atoms with Gasteiger partial charge in [0.15, 0.2) is 0 Å². The van der Waals surface area contributed by atoms with Gasteiger partial charge in [-0.2, -0.15) is 0 Å². The van der Waals surface area contributed by atoms with Crippen molar-refractivity contribution in [1.29, 1.82) is 0 Å². The Labute approximate surface area is 153 Å². The van der Waals surface area contributed by atoms with Crippen molar-refractivity contribution in [2.75, 3.05) is 6.54 Å². The van der Waals surface area contributed by atoms with Crippen LogP contribution >= 0.6 is 0 Å². The van der Waals surface area contributed by atoms with Crippen molar-refractivity contribution in [3.63, 3.8) is 0 Å². The van der Waals surface area contributed by atoms with E-state index in [9.17, 15) is 9.59 Å². The smallest absolute Gasteiger partial charge is 0.307 e. The van der Waals surface area contributed by atoms with Crippen LogP contribution in [0.2, 0.25) is 0 Å². The SMILES string of the molecule is CC(=O)O/C(=C/C=C\C=C=O)CCCCCCCCCCCCCN.